The van der Waals surface area contributed by atoms with Crippen LogP contribution >= 0.6 is 0 Å². The van der Waals surface area contributed by atoms with Crippen molar-refractivity contribution >= 4 is 0 Å². The number of hydrogen-bond acceptors (Lipinski definition) is 2. The fourth-order valence-electron chi connectivity index (χ4n) is 2.02. The fraction of sp³-hybridized carbons (Fsp3) is 0.357. The number of aromatic nitrogens is 2. The smallest absolute Gasteiger partial charge is 0.128 e. The number of rotatable bonds is 5. The lowest BCUT2D eigenvalue weighted by Crippen LogP contribution is -2.23. The Labute approximate surface area is 111 Å². The van der Waals surface area contributed by atoms with Crippen LogP contribution in [-0.4, -0.2) is 16.3 Å². The lowest BCUT2D eigenvalue weighted by atomic mass is 10.1. The lowest BCUT2D eigenvalue weighted by molar-refractivity contribution is 0.516. The van der Waals surface area contributed by atoms with Crippen LogP contribution in [0.5, 0.6) is 0 Å². The Bertz CT molecular complexity index is 551. The van der Waals surface area contributed by atoms with Crippen molar-refractivity contribution < 1.29 is 8.78 Å². The average Bonchev–Trinajstić information content (AvgIpc) is 2.78. The quantitative estimate of drug-likeness (QED) is 0.900. The molecule has 0 amide bonds. The largest absolute Gasteiger partial charge is 0.310 e. The number of nitrogens with one attached hydrogen (secondary N) is 1. The second-order valence-electron chi connectivity index (χ2n) is 4.54. The minimum absolute atomic E-state index is 0.232. The van der Waals surface area contributed by atoms with Gasteiger partial charge in [0.05, 0.1) is 0 Å². The van der Waals surface area contributed by atoms with E-state index in [1.165, 1.54) is 6.07 Å². The van der Waals surface area contributed by atoms with Crippen LogP contribution < -0.4 is 5.32 Å². The van der Waals surface area contributed by atoms with Crippen LogP contribution in [0.2, 0.25) is 0 Å². The van der Waals surface area contributed by atoms with Gasteiger partial charge in [0.15, 0.2) is 0 Å². The fourth-order valence-corrected chi connectivity index (χ4v) is 2.02. The van der Waals surface area contributed by atoms with E-state index < -0.39 is 5.82 Å². The molecule has 5 heteroatoms. The van der Waals surface area contributed by atoms with Crippen molar-refractivity contribution in [3.8, 4) is 0 Å². The standard InChI is InChI=1S/C14H17F2N3/c1-10(13-9-11(15)3-4-14(13)16)17-7-5-12-6-8-18-19(12)2/h3-4,6,8-10,17H,5,7H2,1-2H3. The molecule has 1 unspecified atom stereocenters. The topological polar surface area (TPSA) is 29.9 Å². The van der Waals surface area contributed by atoms with Crippen molar-refractivity contribution in [2.75, 3.05) is 6.54 Å². The molecule has 0 bridgehead atoms. The maximum Gasteiger partial charge on any atom is 0.128 e. The van der Waals surface area contributed by atoms with Crippen molar-refractivity contribution in [2.45, 2.75) is 19.4 Å². The van der Waals surface area contributed by atoms with E-state index >= 15 is 0 Å². The molecule has 1 atom stereocenters. The predicted octanol–water partition coefficient (Wildman–Crippen LogP) is 2.59. The number of benzene rings is 1. The SMILES string of the molecule is CC(NCCc1ccnn1C)c1cc(F)ccc1F. The normalized spacial score (nSPS) is 12.6. The van der Waals surface area contributed by atoms with Crippen LogP contribution in [0.25, 0.3) is 0 Å². The van der Waals surface area contributed by atoms with Crippen molar-refractivity contribution in [2.24, 2.45) is 7.05 Å². The summed E-state index contributed by atoms with van der Waals surface area (Å²) in [5.74, 6) is -0.807. The molecule has 0 radical (unpaired) electrons. The predicted molar refractivity (Wildman–Crippen MR) is 69.7 cm³/mol. The van der Waals surface area contributed by atoms with E-state index in [0.717, 1.165) is 24.2 Å². The number of halogens is 2. The Morgan fingerprint density at radius 3 is 2.79 bits per heavy atom. The molecule has 0 aliphatic carbocycles. The van der Waals surface area contributed by atoms with Gasteiger partial charge in [-0.15, -0.1) is 0 Å². The molecule has 1 N–H and O–H groups in total. The third-order valence-electron chi connectivity index (χ3n) is 3.18. The first-order chi connectivity index (χ1) is 9.08. The molecule has 1 heterocycles. The van der Waals surface area contributed by atoms with Gasteiger partial charge in [0.25, 0.3) is 0 Å². The van der Waals surface area contributed by atoms with Crippen LogP contribution in [0.1, 0.15) is 24.2 Å². The molecule has 0 fully saturated rings. The third-order valence-corrected chi connectivity index (χ3v) is 3.18. The van der Waals surface area contributed by atoms with Crippen LogP contribution in [-0.2, 0) is 13.5 Å². The van der Waals surface area contributed by atoms with E-state index in [2.05, 4.69) is 10.4 Å². The summed E-state index contributed by atoms with van der Waals surface area (Å²) in [6, 6.07) is 5.22. The summed E-state index contributed by atoms with van der Waals surface area (Å²) in [6.07, 6.45) is 2.53. The van der Waals surface area contributed by atoms with Gasteiger partial charge in [0.2, 0.25) is 0 Å². The Morgan fingerprint density at radius 1 is 1.32 bits per heavy atom. The first kappa shape index (κ1) is 13.7. The molecular weight excluding hydrogens is 248 g/mol. The zero-order valence-corrected chi connectivity index (χ0v) is 11.0. The van der Waals surface area contributed by atoms with Gasteiger partial charge in [-0.1, -0.05) is 0 Å². The summed E-state index contributed by atoms with van der Waals surface area (Å²) in [5.41, 5.74) is 1.45. The third kappa shape index (κ3) is 3.38. The molecule has 1 aromatic heterocycles. The second-order valence-corrected chi connectivity index (χ2v) is 4.54. The number of hydrogen-bond donors (Lipinski definition) is 1. The van der Waals surface area contributed by atoms with E-state index in [4.69, 9.17) is 0 Å². The Hall–Kier alpha value is -1.75. The highest BCUT2D eigenvalue weighted by molar-refractivity contribution is 5.21. The summed E-state index contributed by atoms with van der Waals surface area (Å²) >= 11 is 0. The van der Waals surface area contributed by atoms with Gasteiger partial charge in [0.1, 0.15) is 11.6 Å². The summed E-state index contributed by atoms with van der Waals surface area (Å²) in [7, 11) is 1.88. The molecule has 2 rings (SSSR count). The molecule has 19 heavy (non-hydrogen) atoms. The van der Waals surface area contributed by atoms with Gasteiger partial charge in [-0.05, 0) is 31.2 Å². The molecule has 0 spiro atoms. The molecule has 2 aromatic rings. The van der Waals surface area contributed by atoms with E-state index in [0.29, 0.717) is 12.1 Å². The molecule has 0 saturated carbocycles. The maximum absolute atomic E-state index is 13.6. The van der Waals surface area contributed by atoms with Crippen LogP contribution in [0, 0.1) is 11.6 Å². The van der Waals surface area contributed by atoms with Crippen molar-refractivity contribution in [1.29, 1.82) is 0 Å². The van der Waals surface area contributed by atoms with Crippen molar-refractivity contribution in [1.82, 2.24) is 15.1 Å². The molecule has 0 aliphatic rings. The summed E-state index contributed by atoms with van der Waals surface area (Å²) in [5, 5.41) is 7.26. The maximum atomic E-state index is 13.6. The molecule has 3 nitrogen and oxygen atoms in total. The number of aryl methyl sites for hydroxylation is 1. The first-order valence-electron chi connectivity index (χ1n) is 6.23. The van der Waals surface area contributed by atoms with Crippen LogP contribution in [0.15, 0.2) is 30.5 Å². The molecule has 0 aliphatic heterocycles. The van der Waals surface area contributed by atoms with Gasteiger partial charge in [-0.2, -0.15) is 5.10 Å². The lowest BCUT2D eigenvalue weighted by Gasteiger charge is -2.15. The van der Waals surface area contributed by atoms with E-state index in [1.54, 1.807) is 10.9 Å². The zero-order valence-electron chi connectivity index (χ0n) is 11.0. The monoisotopic (exact) mass is 265 g/mol. The minimum Gasteiger partial charge on any atom is -0.310 e. The second kappa shape index (κ2) is 5.93. The summed E-state index contributed by atoms with van der Waals surface area (Å²) in [6.45, 7) is 2.50. The van der Waals surface area contributed by atoms with Gasteiger partial charge in [-0.25, -0.2) is 8.78 Å². The molecule has 1 aromatic carbocycles. The van der Waals surface area contributed by atoms with E-state index in [1.807, 2.05) is 20.0 Å². The van der Waals surface area contributed by atoms with Gasteiger partial charge < -0.3 is 5.32 Å². The molecule has 0 saturated heterocycles. The Balaban J connectivity index is 1.92. The first-order valence-corrected chi connectivity index (χ1v) is 6.23. The highest BCUT2D eigenvalue weighted by Gasteiger charge is 2.11. The molecular formula is C14H17F2N3. The van der Waals surface area contributed by atoms with Gasteiger partial charge in [-0.3, -0.25) is 4.68 Å². The van der Waals surface area contributed by atoms with Crippen molar-refractivity contribution in [3.63, 3.8) is 0 Å². The summed E-state index contributed by atoms with van der Waals surface area (Å²) < 4.78 is 28.5. The van der Waals surface area contributed by atoms with E-state index in [-0.39, 0.29) is 11.9 Å². The average molecular weight is 265 g/mol. The van der Waals surface area contributed by atoms with Crippen molar-refractivity contribution in [3.05, 3.63) is 53.4 Å². The van der Waals surface area contributed by atoms with Crippen LogP contribution in [0.4, 0.5) is 8.78 Å². The minimum atomic E-state index is -0.420. The van der Waals surface area contributed by atoms with Crippen LogP contribution in [0.3, 0.4) is 0 Å². The highest BCUT2D eigenvalue weighted by atomic mass is 19.1. The zero-order chi connectivity index (χ0) is 13.8. The molecule has 102 valence electrons. The van der Waals surface area contributed by atoms with Gasteiger partial charge >= 0.3 is 0 Å². The van der Waals surface area contributed by atoms with E-state index in [9.17, 15) is 8.78 Å². The highest BCUT2D eigenvalue weighted by Crippen LogP contribution is 2.17. The Kier molecular flexibility index (Phi) is 4.27. The van der Waals surface area contributed by atoms with Gasteiger partial charge in [0, 0.05) is 43.5 Å². The summed E-state index contributed by atoms with van der Waals surface area (Å²) in [4.78, 5) is 0. The number of nitrogens with zero attached hydrogens (tertiary/aromatic N) is 2. The Morgan fingerprint density at radius 2 is 2.11 bits per heavy atom.